The van der Waals surface area contributed by atoms with Crippen molar-refractivity contribution in [2.45, 2.75) is 43.9 Å². The fraction of sp³-hybridized carbons (Fsp3) is 0.381. The highest BCUT2D eigenvalue weighted by Gasteiger charge is 2.23. The van der Waals surface area contributed by atoms with Crippen molar-refractivity contribution >= 4 is 21.6 Å². The molecule has 0 saturated carbocycles. The van der Waals surface area contributed by atoms with Crippen LogP contribution in [0.5, 0.6) is 0 Å². The number of nitrogens with zero attached hydrogens (tertiary/aromatic N) is 1. The molecule has 0 aliphatic carbocycles. The number of carbonyl (C=O) groups excluding carboxylic acids is 1. The lowest BCUT2D eigenvalue weighted by Crippen LogP contribution is -2.27. The van der Waals surface area contributed by atoms with Crippen molar-refractivity contribution < 1.29 is 13.2 Å². The number of para-hydroxylation sites is 1. The van der Waals surface area contributed by atoms with Crippen molar-refractivity contribution in [1.29, 1.82) is 0 Å². The fourth-order valence-corrected chi connectivity index (χ4v) is 4.39. The van der Waals surface area contributed by atoms with Crippen LogP contribution in [-0.2, 0) is 15.4 Å². The Morgan fingerprint density at radius 2 is 1.56 bits per heavy atom. The molecular weight excluding hydrogens is 360 g/mol. The molecule has 0 unspecified atom stereocenters. The van der Waals surface area contributed by atoms with Crippen LogP contribution in [0.2, 0.25) is 0 Å². The molecule has 1 amide bonds. The molecule has 3 rings (SSSR count). The van der Waals surface area contributed by atoms with Gasteiger partial charge in [0, 0.05) is 18.7 Å². The Balaban J connectivity index is 1.83. The number of rotatable bonds is 4. The standard InChI is InChI=1S/C21H26N2O3S/c1-21(2,3)18-8-4-5-9-19(18)22-27(25,26)17-12-10-16(11-13-17)20(24)23-14-6-7-15-23/h4-5,8-13,22H,6-7,14-15H2,1-3H3. The average molecular weight is 387 g/mol. The lowest BCUT2D eigenvalue weighted by molar-refractivity contribution is 0.0792. The molecule has 0 bridgehead atoms. The second kappa shape index (κ2) is 7.35. The summed E-state index contributed by atoms with van der Waals surface area (Å²) >= 11 is 0. The van der Waals surface area contributed by atoms with Crippen LogP contribution >= 0.6 is 0 Å². The first-order valence-corrected chi connectivity index (χ1v) is 10.7. The Hall–Kier alpha value is -2.34. The predicted octanol–water partition coefficient (Wildman–Crippen LogP) is 4.02. The zero-order chi connectivity index (χ0) is 19.7. The summed E-state index contributed by atoms with van der Waals surface area (Å²) in [5, 5.41) is 0. The third-order valence-corrected chi connectivity index (χ3v) is 6.17. The average Bonchev–Trinajstić information content (AvgIpc) is 3.15. The normalized spacial score (nSPS) is 15.0. The van der Waals surface area contributed by atoms with Gasteiger partial charge >= 0.3 is 0 Å². The quantitative estimate of drug-likeness (QED) is 0.863. The van der Waals surface area contributed by atoms with Gasteiger partial charge in [-0.2, -0.15) is 0 Å². The highest BCUT2D eigenvalue weighted by atomic mass is 32.2. The SMILES string of the molecule is CC(C)(C)c1ccccc1NS(=O)(=O)c1ccc(C(=O)N2CCCC2)cc1. The maximum atomic E-state index is 12.8. The molecule has 1 aliphatic heterocycles. The molecule has 5 nitrogen and oxygen atoms in total. The highest BCUT2D eigenvalue weighted by molar-refractivity contribution is 7.92. The van der Waals surface area contributed by atoms with Crippen molar-refractivity contribution in [3.8, 4) is 0 Å². The molecule has 1 heterocycles. The number of sulfonamides is 1. The summed E-state index contributed by atoms with van der Waals surface area (Å²) < 4.78 is 28.3. The van der Waals surface area contributed by atoms with Gasteiger partial charge in [0.1, 0.15) is 0 Å². The third kappa shape index (κ3) is 4.33. The lowest BCUT2D eigenvalue weighted by Gasteiger charge is -2.23. The van der Waals surface area contributed by atoms with Crippen molar-refractivity contribution in [3.63, 3.8) is 0 Å². The number of hydrogen-bond acceptors (Lipinski definition) is 3. The van der Waals surface area contributed by atoms with E-state index in [4.69, 9.17) is 0 Å². The third-order valence-electron chi connectivity index (χ3n) is 4.78. The van der Waals surface area contributed by atoms with E-state index < -0.39 is 10.0 Å². The first kappa shape index (κ1) is 19.4. The zero-order valence-electron chi connectivity index (χ0n) is 16.0. The summed E-state index contributed by atoms with van der Waals surface area (Å²) in [6, 6.07) is 13.6. The Bertz CT molecular complexity index is 923. The van der Waals surface area contributed by atoms with E-state index in [1.54, 1.807) is 23.1 Å². The second-order valence-electron chi connectivity index (χ2n) is 7.92. The molecular formula is C21H26N2O3S. The molecule has 0 spiro atoms. The summed E-state index contributed by atoms with van der Waals surface area (Å²) in [5.41, 5.74) is 1.83. The van der Waals surface area contributed by atoms with Gasteiger partial charge in [0.25, 0.3) is 15.9 Å². The van der Waals surface area contributed by atoms with E-state index in [0.717, 1.165) is 31.5 Å². The number of anilines is 1. The first-order chi connectivity index (χ1) is 12.7. The second-order valence-corrected chi connectivity index (χ2v) is 9.61. The molecule has 0 radical (unpaired) electrons. The van der Waals surface area contributed by atoms with Crippen LogP contribution in [-0.4, -0.2) is 32.3 Å². The van der Waals surface area contributed by atoms with Crippen LogP contribution in [0.3, 0.4) is 0 Å². The monoisotopic (exact) mass is 386 g/mol. The Morgan fingerprint density at radius 3 is 2.15 bits per heavy atom. The number of hydrogen-bond donors (Lipinski definition) is 1. The van der Waals surface area contributed by atoms with Gasteiger partial charge in [-0.25, -0.2) is 8.42 Å². The maximum absolute atomic E-state index is 12.8. The topological polar surface area (TPSA) is 66.5 Å². The number of amides is 1. The molecule has 1 N–H and O–H groups in total. The summed E-state index contributed by atoms with van der Waals surface area (Å²) in [6.45, 7) is 7.66. The molecule has 27 heavy (non-hydrogen) atoms. The molecule has 0 atom stereocenters. The summed E-state index contributed by atoms with van der Waals surface area (Å²) in [4.78, 5) is 14.4. The molecule has 1 fully saturated rings. The number of nitrogens with one attached hydrogen (secondary N) is 1. The van der Waals surface area contributed by atoms with Crippen molar-refractivity contribution in [2.24, 2.45) is 0 Å². The molecule has 0 aromatic heterocycles. The first-order valence-electron chi connectivity index (χ1n) is 9.20. The summed E-state index contributed by atoms with van der Waals surface area (Å²) in [7, 11) is -3.73. The lowest BCUT2D eigenvalue weighted by atomic mass is 9.86. The minimum absolute atomic E-state index is 0.0394. The molecule has 2 aromatic rings. The summed E-state index contributed by atoms with van der Waals surface area (Å²) in [5.74, 6) is -0.0394. The van der Waals surface area contributed by atoms with E-state index in [1.165, 1.54) is 12.1 Å². The van der Waals surface area contributed by atoms with Gasteiger partial charge in [-0.1, -0.05) is 39.0 Å². The van der Waals surface area contributed by atoms with Gasteiger partial charge in [0.2, 0.25) is 0 Å². The number of carbonyl (C=O) groups is 1. The predicted molar refractivity (Wildman–Crippen MR) is 108 cm³/mol. The van der Waals surface area contributed by atoms with E-state index in [9.17, 15) is 13.2 Å². The summed E-state index contributed by atoms with van der Waals surface area (Å²) in [6.07, 6.45) is 2.05. The minimum atomic E-state index is -3.73. The van der Waals surface area contributed by atoms with E-state index in [2.05, 4.69) is 4.72 Å². The molecule has 1 saturated heterocycles. The number of likely N-dealkylation sites (tertiary alicyclic amines) is 1. The van der Waals surface area contributed by atoms with Gasteiger partial charge in [-0.05, 0) is 54.2 Å². The van der Waals surface area contributed by atoms with Crippen molar-refractivity contribution in [2.75, 3.05) is 17.8 Å². The van der Waals surface area contributed by atoms with E-state index in [-0.39, 0.29) is 16.2 Å². The van der Waals surface area contributed by atoms with Crippen LogP contribution < -0.4 is 4.72 Å². The van der Waals surface area contributed by atoms with E-state index >= 15 is 0 Å². The molecule has 144 valence electrons. The molecule has 2 aromatic carbocycles. The van der Waals surface area contributed by atoms with Gasteiger partial charge in [0.15, 0.2) is 0 Å². The molecule has 6 heteroatoms. The maximum Gasteiger partial charge on any atom is 0.261 e. The van der Waals surface area contributed by atoms with Crippen molar-refractivity contribution in [3.05, 3.63) is 59.7 Å². The van der Waals surface area contributed by atoms with Crippen LogP contribution in [0.15, 0.2) is 53.4 Å². The molecule has 1 aliphatic rings. The van der Waals surface area contributed by atoms with Gasteiger partial charge in [0.05, 0.1) is 10.6 Å². The van der Waals surface area contributed by atoms with Crippen LogP contribution in [0.25, 0.3) is 0 Å². The Morgan fingerprint density at radius 1 is 0.963 bits per heavy atom. The minimum Gasteiger partial charge on any atom is -0.339 e. The highest BCUT2D eigenvalue weighted by Crippen LogP contribution is 2.30. The number of benzene rings is 2. The van der Waals surface area contributed by atoms with Gasteiger partial charge in [-0.3, -0.25) is 9.52 Å². The van der Waals surface area contributed by atoms with Crippen molar-refractivity contribution in [1.82, 2.24) is 4.90 Å². The Kier molecular flexibility index (Phi) is 5.29. The van der Waals surface area contributed by atoms with E-state index in [1.807, 2.05) is 39.0 Å². The van der Waals surface area contributed by atoms with Gasteiger partial charge < -0.3 is 4.90 Å². The largest absolute Gasteiger partial charge is 0.339 e. The van der Waals surface area contributed by atoms with Crippen LogP contribution in [0, 0.1) is 0 Å². The van der Waals surface area contributed by atoms with E-state index in [0.29, 0.717) is 11.3 Å². The smallest absolute Gasteiger partial charge is 0.261 e. The Labute approximate surface area is 161 Å². The van der Waals surface area contributed by atoms with Gasteiger partial charge in [-0.15, -0.1) is 0 Å². The zero-order valence-corrected chi connectivity index (χ0v) is 16.8. The fourth-order valence-electron chi connectivity index (χ4n) is 3.31. The van der Waals surface area contributed by atoms with Crippen LogP contribution in [0.4, 0.5) is 5.69 Å². The van der Waals surface area contributed by atoms with Crippen LogP contribution in [0.1, 0.15) is 49.5 Å².